The number of hydrogen-bond donors (Lipinski definition) is 0. The summed E-state index contributed by atoms with van der Waals surface area (Å²) in [6.45, 7) is 8.29. The zero-order valence-corrected chi connectivity index (χ0v) is 21.8. The number of benzene rings is 1. The SMILES string of the molecule is CCn1c(CCC(=O)OC(C)C(=O)N2C(C)CCCC2C)nc2cc(S(=O)(=O)N(C)C)ccc21. The molecule has 1 aromatic carbocycles. The molecule has 1 aromatic heterocycles. The van der Waals surface area contributed by atoms with E-state index in [1.165, 1.54) is 14.1 Å². The summed E-state index contributed by atoms with van der Waals surface area (Å²) in [5.41, 5.74) is 1.37. The van der Waals surface area contributed by atoms with Crippen molar-refractivity contribution in [1.29, 1.82) is 0 Å². The third kappa shape index (κ3) is 5.27. The number of aryl methyl sites for hydroxylation is 2. The fraction of sp³-hybridized carbons (Fsp3) is 0.625. The molecule has 34 heavy (non-hydrogen) atoms. The van der Waals surface area contributed by atoms with Crippen molar-refractivity contribution < 1.29 is 22.7 Å². The van der Waals surface area contributed by atoms with Crippen LogP contribution in [0, 0.1) is 0 Å². The van der Waals surface area contributed by atoms with E-state index in [1.54, 1.807) is 25.1 Å². The third-order valence-electron chi connectivity index (χ3n) is 6.55. The van der Waals surface area contributed by atoms with Crippen LogP contribution >= 0.6 is 0 Å². The average molecular weight is 493 g/mol. The molecule has 0 aliphatic carbocycles. The molecule has 0 N–H and O–H groups in total. The van der Waals surface area contributed by atoms with E-state index < -0.39 is 22.1 Å². The first kappa shape index (κ1) is 26.2. The van der Waals surface area contributed by atoms with Gasteiger partial charge in [0.2, 0.25) is 10.0 Å². The van der Waals surface area contributed by atoms with E-state index in [0.29, 0.717) is 24.3 Å². The molecule has 3 atom stereocenters. The predicted molar refractivity (Wildman–Crippen MR) is 130 cm³/mol. The molecule has 1 fully saturated rings. The monoisotopic (exact) mass is 492 g/mol. The van der Waals surface area contributed by atoms with Crippen molar-refractivity contribution >= 4 is 32.9 Å². The Morgan fingerprint density at radius 2 is 1.85 bits per heavy atom. The summed E-state index contributed by atoms with van der Waals surface area (Å²) in [5.74, 6) is 0.0679. The molecule has 3 rings (SSSR count). The second-order valence-electron chi connectivity index (χ2n) is 9.22. The maximum absolute atomic E-state index is 12.9. The third-order valence-corrected chi connectivity index (χ3v) is 8.36. The highest BCUT2D eigenvalue weighted by Gasteiger charge is 2.33. The lowest BCUT2D eigenvalue weighted by Gasteiger charge is -2.40. The first-order valence-electron chi connectivity index (χ1n) is 11.9. The number of sulfonamides is 1. The molecule has 0 spiro atoms. The Balaban J connectivity index is 1.69. The molecule has 0 saturated carbocycles. The molecule has 1 amide bonds. The molecule has 2 aromatic rings. The number of ether oxygens (including phenoxy) is 1. The topological polar surface area (TPSA) is 102 Å². The second-order valence-corrected chi connectivity index (χ2v) is 11.4. The first-order chi connectivity index (χ1) is 16.0. The number of hydrogen-bond acceptors (Lipinski definition) is 6. The van der Waals surface area contributed by atoms with Crippen LogP contribution in [0.15, 0.2) is 23.1 Å². The fourth-order valence-electron chi connectivity index (χ4n) is 4.66. The maximum Gasteiger partial charge on any atom is 0.307 e. The number of rotatable bonds is 8. The van der Waals surface area contributed by atoms with Crippen LogP contribution in [0.2, 0.25) is 0 Å². The Bertz CT molecular complexity index is 1150. The smallest absolute Gasteiger partial charge is 0.307 e. The summed E-state index contributed by atoms with van der Waals surface area (Å²) in [5, 5.41) is 0. The van der Waals surface area contributed by atoms with Gasteiger partial charge in [0.1, 0.15) is 5.82 Å². The standard InChI is InChI=1S/C24H36N4O5S/c1-7-27-21-12-11-19(34(31,32)26(5)6)15-20(21)25-22(27)13-14-23(29)33-18(4)24(30)28-16(2)9-8-10-17(28)3/h11-12,15-18H,7-10,13-14H2,1-6H3. The highest BCUT2D eigenvalue weighted by atomic mass is 32.2. The van der Waals surface area contributed by atoms with Gasteiger partial charge in [-0.2, -0.15) is 0 Å². The number of piperidine rings is 1. The van der Waals surface area contributed by atoms with Crippen LogP contribution in [-0.2, 0) is 37.3 Å². The van der Waals surface area contributed by atoms with Crippen LogP contribution in [0.5, 0.6) is 0 Å². The number of likely N-dealkylation sites (tertiary alicyclic amines) is 1. The normalized spacial score (nSPS) is 20.0. The molecule has 188 valence electrons. The number of carbonyl (C=O) groups is 2. The maximum atomic E-state index is 12.9. The lowest BCUT2D eigenvalue weighted by Crippen LogP contribution is -2.51. The van der Waals surface area contributed by atoms with E-state index in [2.05, 4.69) is 4.98 Å². The van der Waals surface area contributed by atoms with Gasteiger partial charge in [-0.05, 0) is 65.2 Å². The summed E-state index contributed by atoms with van der Waals surface area (Å²) in [6.07, 6.45) is 2.59. The van der Waals surface area contributed by atoms with Crippen molar-refractivity contribution in [3.8, 4) is 0 Å². The summed E-state index contributed by atoms with van der Waals surface area (Å²) in [4.78, 5) is 32.0. The average Bonchev–Trinajstić information content (AvgIpc) is 3.13. The molecule has 0 radical (unpaired) electrons. The molecular weight excluding hydrogens is 456 g/mol. The van der Waals surface area contributed by atoms with E-state index in [-0.39, 0.29) is 29.3 Å². The van der Waals surface area contributed by atoms with E-state index in [1.807, 2.05) is 30.2 Å². The Morgan fingerprint density at radius 1 is 1.21 bits per heavy atom. The zero-order valence-electron chi connectivity index (χ0n) is 20.9. The largest absolute Gasteiger partial charge is 0.453 e. The van der Waals surface area contributed by atoms with Crippen molar-refractivity contribution in [2.75, 3.05) is 14.1 Å². The highest BCUT2D eigenvalue weighted by molar-refractivity contribution is 7.89. The van der Waals surface area contributed by atoms with Gasteiger partial charge in [-0.1, -0.05) is 0 Å². The number of amides is 1. The van der Waals surface area contributed by atoms with Gasteiger partial charge in [0.25, 0.3) is 5.91 Å². The molecule has 1 aliphatic heterocycles. The van der Waals surface area contributed by atoms with Crippen molar-refractivity contribution in [1.82, 2.24) is 18.8 Å². The van der Waals surface area contributed by atoms with Crippen LogP contribution < -0.4 is 0 Å². The van der Waals surface area contributed by atoms with Gasteiger partial charge in [-0.25, -0.2) is 17.7 Å². The predicted octanol–water partition coefficient (Wildman–Crippen LogP) is 2.96. The quantitative estimate of drug-likeness (QED) is 0.525. The molecular formula is C24H36N4O5S. The van der Waals surface area contributed by atoms with Crippen molar-refractivity contribution in [3.63, 3.8) is 0 Å². The summed E-state index contributed by atoms with van der Waals surface area (Å²) < 4.78 is 33.5. The van der Waals surface area contributed by atoms with Crippen molar-refractivity contribution in [2.45, 2.75) is 89.4 Å². The van der Waals surface area contributed by atoms with Crippen LogP contribution in [-0.4, -0.2) is 71.3 Å². The van der Waals surface area contributed by atoms with Gasteiger partial charge >= 0.3 is 5.97 Å². The lowest BCUT2D eigenvalue weighted by molar-refractivity contribution is -0.162. The van der Waals surface area contributed by atoms with E-state index in [4.69, 9.17) is 4.74 Å². The zero-order chi connectivity index (χ0) is 25.2. The molecule has 2 heterocycles. The Labute approximate surface area is 202 Å². The summed E-state index contributed by atoms with van der Waals surface area (Å²) in [6, 6.07) is 5.15. The van der Waals surface area contributed by atoms with E-state index in [0.717, 1.165) is 29.1 Å². The molecule has 1 aliphatic rings. The number of imidazole rings is 1. The van der Waals surface area contributed by atoms with Gasteiger partial charge in [0.05, 0.1) is 22.3 Å². The number of carbonyl (C=O) groups excluding carboxylic acids is 2. The van der Waals surface area contributed by atoms with Crippen molar-refractivity contribution in [2.24, 2.45) is 0 Å². The minimum absolute atomic E-state index is 0.0783. The minimum Gasteiger partial charge on any atom is -0.453 e. The number of aromatic nitrogens is 2. The molecule has 9 nitrogen and oxygen atoms in total. The fourth-order valence-corrected chi connectivity index (χ4v) is 5.58. The van der Waals surface area contributed by atoms with Crippen LogP contribution in [0.25, 0.3) is 11.0 Å². The van der Waals surface area contributed by atoms with Gasteiger partial charge in [0.15, 0.2) is 6.10 Å². The van der Waals surface area contributed by atoms with Gasteiger partial charge < -0.3 is 14.2 Å². The molecule has 1 saturated heterocycles. The first-order valence-corrected chi connectivity index (χ1v) is 13.3. The number of esters is 1. The Morgan fingerprint density at radius 3 is 2.44 bits per heavy atom. The van der Waals surface area contributed by atoms with Gasteiger partial charge in [0, 0.05) is 39.1 Å². The van der Waals surface area contributed by atoms with Crippen molar-refractivity contribution in [3.05, 3.63) is 24.0 Å². The number of nitrogens with zero attached hydrogens (tertiary/aromatic N) is 4. The summed E-state index contributed by atoms with van der Waals surface area (Å²) in [7, 11) is -0.598. The Hall–Kier alpha value is -2.46. The lowest BCUT2D eigenvalue weighted by atomic mass is 9.97. The minimum atomic E-state index is -3.57. The Kier molecular flexibility index (Phi) is 8.02. The van der Waals surface area contributed by atoms with Crippen LogP contribution in [0.1, 0.15) is 59.2 Å². The molecule has 10 heteroatoms. The summed E-state index contributed by atoms with van der Waals surface area (Å²) >= 11 is 0. The molecule has 0 bridgehead atoms. The van der Waals surface area contributed by atoms with Gasteiger partial charge in [-0.3, -0.25) is 9.59 Å². The second kappa shape index (κ2) is 10.4. The van der Waals surface area contributed by atoms with Crippen LogP contribution in [0.3, 0.4) is 0 Å². The highest BCUT2D eigenvalue weighted by Crippen LogP contribution is 2.25. The van der Waals surface area contributed by atoms with E-state index in [9.17, 15) is 18.0 Å². The molecule has 3 unspecified atom stereocenters. The number of fused-ring (bicyclic) bond motifs is 1. The van der Waals surface area contributed by atoms with E-state index >= 15 is 0 Å². The van der Waals surface area contributed by atoms with Gasteiger partial charge in [-0.15, -0.1) is 0 Å². The van der Waals surface area contributed by atoms with Crippen LogP contribution in [0.4, 0.5) is 0 Å².